The fraction of sp³-hybridized carbons (Fsp3) is 0.500. The number of anilines is 2. The number of nitrogens with one attached hydrogen (secondary N) is 1. The Balaban J connectivity index is 2.41. The molecule has 1 aromatic rings. The van der Waals surface area contributed by atoms with Gasteiger partial charge in [-0.15, -0.1) is 0 Å². The molecule has 0 spiro atoms. The summed E-state index contributed by atoms with van der Waals surface area (Å²) in [5.74, 6) is -0.341. The van der Waals surface area contributed by atoms with Crippen LogP contribution in [0.1, 0.15) is 18.9 Å². The van der Waals surface area contributed by atoms with Crippen LogP contribution in [0.25, 0.3) is 0 Å². The molecule has 0 bridgehead atoms. The van der Waals surface area contributed by atoms with Crippen LogP contribution in [-0.4, -0.2) is 30.0 Å². The molecule has 1 atom stereocenters. The predicted molar refractivity (Wildman–Crippen MR) is 68.1 cm³/mol. The van der Waals surface area contributed by atoms with E-state index in [4.69, 9.17) is 5.73 Å². The number of aromatic nitrogens is 1. The minimum atomic E-state index is -4.49. The van der Waals surface area contributed by atoms with Crippen molar-refractivity contribution in [3.8, 4) is 0 Å². The zero-order valence-electron chi connectivity index (χ0n) is 10.9. The fourth-order valence-electron chi connectivity index (χ4n) is 2.24. The molecule has 0 aliphatic carbocycles. The summed E-state index contributed by atoms with van der Waals surface area (Å²) in [7, 11) is 0. The lowest BCUT2D eigenvalue weighted by Crippen LogP contribution is -2.55. The third-order valence-corrected chi connectivity index (χ3v) is 3.17. The second-order valence-electron chi connectivity index (χ2n) is 4.55. The number of alkyl halides is 3. The molecule has 5 nitrogen and oxygen atoms in total. The van der Waals surface area contributed by atoms with E-state index in [0.29, 0.717) is 19.5 Å². The van der Waals surface area contributed by atoms with Crippen molar-refractivity contribution in [1.29, 1.82) is 0 Å². The molecule has 110 valence electrons. The first-order chi connectivity index (χ1) is 9.32. The molecule has 2 rings (SSSR count). The summed E-state index contributed by atoms with van der Waals surface area (Å²) < 4.78 is 38.4. The molecule has 3 N–H and O–H groups in total. The van der Waals surface area contributed by atoms with Crippen molar-refractivity contribution in [1.82, 2.24) is 10.3 Å². The summed E-state index contributed by atoms with van der Waals surface area (Å²) in [5, 5.41) is 2.68. The average molecular weight is 288 g/mol. The maximum atomic E-state index is 12.8. The summed E-state index contributed by atoms with van der Waals surface area (Å²) in [6.07, 6.45) is -4.02. The summed E-state index contributed by atoms with van der Waals surface area (Å²) in [6.45, 7) is 2.56. The monoisotopic (exact) mass is 288 g/mol. The van der Waals surface area contributed by atoms with Gasteiger partial charge in [-0.2, -0.15) is 13.2 Å². The van der Waals surface area contributed by atoms with Gasteiger partial charge in [-0.3, -0.25) is 4.79 Å². The lowest BCUT2D eigenvalue weighted by atomic mass is 10.1. The quantitative estimate of drug-likeness (QED) is 0.863. The van der Waals surface area contributed by atoms with E-state index < -0.39 is 17.8 Å². The first-order valence-corrected chi connectivity index (χ1v) is 6.22. The third-order valence-electron chi connectivity index (χ3n) is 3.17. The second kappa shape index (κ2) is 5.18. The number of carbonyl (C=O) groups excluding carboxylic acids is 1. The molecule has 1 amide bonds. The maximum Gasteiger partial charge on any atom is 0.416 e. The Morgan fingerprint density at radius 1 is 1.50 bits per heavy atom. The van der Waals surface area contributed by atoms with Crippen molar-refractivity contribution in [2.45, 2.75) is 25.6 Å². The van der Waals surface area contributed by atoms with Crippen LogP contribution < -0.4 is 16.0 Å². The van der Waals surface area contributed by atoms with Gasteiger partial charge in [0.1, 0.15) is 17.7 Å². The molecule has 8 heteroatoms. The fourth-order valence-corrected chi connectivity index (χ4v) is 2.24. The molecule has 0 radical (unpaired) electrons. The number of pyridine rings is 1. The first-order valence-electron chi connectivity index (χ1n) is 6.22. The highest BCUT2D eigenvalue weighted by atomic mass is 19.4. The molecule has 1 aliphatic heterocycles. The number of piperazine rings is 1. The van der Waals surface area contributed by atoms with Crippen molar-refractivity contribution in [3.05, 3.63) is 17.7 Å². The standard InChI is InChI=1S/C12H15F3N4O/c1-2-8-11(20)17-3-4-19(8)10-6-7(12(13,14)15)5-9(16)18-10/h5-6,8H,2-4H2,1H3,(H2,16,18)(H,17,20). The number of nitrogens with zero attached hydrogens (tertiary/aromatic N) is 2. The Hall–Kier alpha value is -1.99. The SMILES string of the molecule is CCC1C(=O)NCCN1c1cc(C(F)(F)F)cc(N)n1. The van der Waals surface area contributed by atoms with Gasteiger partial charge in [-0.1, -0.05) is 6.92 Å². The van der Waals surface area contributed by atoms with Gasteiger partial charge >= 0.3 is 6.18 Å². The Labute approximate surface area is 114 Å². The zero-order valence-corrected chi connectivity index (χ0v) is 10.9. The number of halogens is 3. The number of nitrogens with two attached hydrogens (primary N) is 1. The van der Waals surface area contributed by atoms with E-state index >= 15 is 0 Å². The zero-order chi connectivity index (χ0) is 14.9. The van der Waals surface area contributed by atoms with Crippen LogP contribution >= 0.6 is 0 Å². The van der Waals surface area contributed by atoms with Crippen molar-refractivity contribution < 1.29 is 18.0 Å². The summed E-state index contributed by atoms with van der Waals surface area (Å²) in [6, 6.07) is 1.19. The van der Waals surface area contributed by atoms with Gasteiger partial charge in [-0.25, -0.2) is 4.98 Å². The van der Waals surface area contributed by atoms with E-state index in [2.05, 4.69) is 10.3 Å². The topological polar surface area (TPSA) is 71.2 Å². The van der Waals surface area contributed by atoms with Crippen LogP contribution in [0.5, 0.6) is 0 Å². The van der Waals surface area contributed by atoms with Crippen LogP contribution in [0.3, 0.4) is 0 Å². The number of carbonyl (C=O) groups is 1. The smallest absolute Gasteiger partial charge is 0.384 e. The van der Waals surface area contributed by atoms with Gasteiger partial charge in [0.25, 0.3) is 0 Å². The average Bonchev–Trinajstić information content (AvgIpc) is 2.36. The second-order valence-corrected chi connectivity index (χ2v) is 4.55. The molecule has 0 saturated carbocycles. The highest BCUT2D eigenvalue weighted by Crippen LogP contribution is 2.33. The van der Waals surface area contributed by atoms with Gasteiger partial charge in [0.15, 0.2) is 0 Å². The molecule has 1 aromatic heterocycles. The van der Waals surface area contributed by atoms with Crippen molar-refractivity contribution in [2.24, 2.45) is 0 Å². The number of hydrogen-bond acceptors (Lipinski definition) is 4. The van der Waals surface area contributed by atoms with Gasteiger partial charge in [0, 0.05) is 13.1 Å². The molecule has 2 heterocycles. The normalized spacial score (nSPS) is 19.9. The van der Waals surface area contributed by atoms with E-state index in [1.54, 1.807) is 11.8 Å². The van der Waals surface area contributed by atoms with Crippen LogP contribution in [0.2, 0.25) is 0 Å². The predicted octanol–water partition coefficient (Wildman–Crippen LogP) is 1.40. The molecular formula is C12H15F3N4O. The Kier molecular flexibility index (Phi) is 3.74. The number of rotatable bonds is 2. The highest BCUT2D eigenvalue weighted by molar-refractivity contribution is 5.86. The minimum absolute atomic E-state index is 0.0824. The molecule has 1 unspecified atom stereocenters. The van der Waals surface area contributed by atoms with E-state index in [0.717, 1.165) is 12.1 Å². The maximum absolute atomic E-state index is 12.8. The first kappa shape index (κ1) is 14.4. The molecule has 1 aliphatic rings. The lowest BCUT2D eigenvalue weighted by Gasteiger charge is -2.35. The van der Waals surface area contributed by atoms with E-state index in [-0.39, 0.29) is 17.5 Å². The molecule has 20 heavy (non-hydrogen) atoms. The summed E-state index contributed by atoms with van der Waals surface area (Å²) >= 11 is 0. The highest BCUT2D eigenvalue weighted by Gasteiger charge is 2.34. The Bertz CT molecular complexity index is 518. The van der Waals surface area contributed by atoms with E-state index in [1.165, 1.54) is 0 Å². The van der Waals surface area contributed by atoms with Gasteiger partial charge < -0.3 is 16.0 Å². The minimum Gasteiger partial charge on any atom is -0.384 e. The molecule has 1 saturated heterocycles. The van der Waals surface area contributed by atoms with Crippen molar-refractivity contribution in [2.75, 3.05) is 23.7 Å². The third kappa shape index (κ3) is 2.78. The number of hydrogen-bond donors (Lipinski definition) is 2. The van der Waals surface area contributed by atoms with Crippen LogP contribution in [0.4, 0.5) is 24.8 Å². The molecular weight excluding hydrogens is 273 g/mol. The van der Waals surface area contributed by atoms with Crippen LogP contribution in [0.15, 0.2) is 12.1 Å². The Morgan fingerprint density at radius 3 is 2.80 bits per heavy atom. The van der Waals surface area contributed by atoms with Crippen LogP contribution in [0, 0.1) is 0 Å². The van der Waals surface area contributed by atoms with Gasteiger partial charge in [-0.05, 0) is 18.6 Å². The number of nitrogen functional groups attached to an aromatic ring is 1. The Morgan fingerprint density at radius 2 is 2.20 bits per heavy atom. The van der Waals surface area contributed by atoms with Crippen molar-refractivity contribution >= 4 is 17.5 Å². The lowest BCUT2D eigenvalue weighted by molar-refractivity contribution is -0.137. The van der Waals surface area contributed by atoms with Gasteiger partial charge in [0.2, 0.25) is 5.91 Å². The van der Waals surface area contributed by atoms with Gasteiger partial charge in [0.05, 0.1) is 5.56 Å². The largest absolute Gasteiger partial charge is 0.416 e. The summed E-state index contributed by atoms with van der Waals surface area (Å²) in [5.41, 5.74) is 4.59. The summed E-state index contributed by atoms with van der Waals surface area (Å²) in [4.78, 5) is 17.2. The van der Waals surface area contributed by atoms with E-state index in [9.17, 15) is 18.0 Å². The molecule has 0 aromatic carbocycles. The molecule has 1 fully saturated rings. The van der Waals surface area contributed by atoms with Crippen molar-refractivity contribution in [3.63, 3.8) is 0 Å². The number of amides is 1. The van der Waals surface area contributed by atoms with E-state index in [1.807, 2.05) is 0 Å². The van der Waals surface area contributed by atoms with Crippen LogP contribution in [-0.2, 0) is 11.0 Å².